The highest BCUT2D eigenvalue weighted by molar-refractivity contribution is 6.04. The minimum Gasteiger partial charge on any atom is -0.314 e. The van der Waals surface area contributed by atoms with Crippen LogP contribution >= 0.6 is 0 Å². The summed E-state index contributed by atoms with van der Waals surface area (Å²) < 4.78 is 43.4. The van der Waals surface area contributed by atoms with E-state index in [-0.39, 0.29) is 23.5 Å². The number of hydrogen-bond donors (Lipinski definition) is 2. The zero-order chi connectivity index (χ0) is 29.8. The van der Waals surface area contributed by atoms with Gasteiger partial charge in [0.1, 0.15) is 11.5 Å². The fraction of sp³-hybridized carbons (Fsp3) is 0.194. The summed E-state index contributed by atoms with van der Waals surface area (Å²) >= 11 is 0. The molecule has 12 heteroatoms. The maximum absolute atomic E-state index is 13.9. The zero-order valence-electron chi connectivity index (χ0n) is 22.8. The Morgan fingerprint density at radius 2 is 1.77 bits per heavy atom. The number of nitrogens with one attached hydrogen (secondary N) is 2. The van der Waals surface area contributed by atoms with Gasteiger partial charge in [-0.3, -0.25) is 14.7 Å². The number of halogens is 3. The van der Waals surface area contributed by atoms with E-state index in [1.165, 1.54) is 18.3 Å². The van der Waals surface area contributed by atoms with E-state index in [1.807, 2.05) is 29.2 Å². The van der Waals surface area contributed by atoms with E-state index >= 15 is 0 Å². The largest absolute Gasteiger partial charge is 0.416 e. The fourth-order valence-corrected chi connectivity index (χ4v) is 4.77. The van der Waals surface area contributed by atoms with Crippen LogP contribution in [0.2, 0.25) is 0 Å². The summed E-state index contributed by atoms with van der Waals surface area (Å²) in [4.78, 5) is 27.4. The second kappa shape index (κ2) is 12.0. The number of pyridine rings is 2. The summed E-state index contributed by atoms with van der Waals surface area (Å²) in [7, 11) is 0. The number of rotatable bonds is 5. The molecule has 1 aromatic carbocycles. The highest BCUT2D eigenvalue weighted by Crippen LogP contribution is 2.33. The van der Waals surface area contributed by atoms with E-state index in [4.69, 9.17) is 0 Å². The quantitative estimate of drug-likeness (QED) is 0.299. The van der Waals surface area contributed by atoms with Gasteiger partial charge in [-0.25, -0.2) is 14.5 Å². The summed E-state index contributed by atoms with van der Waals surface area (Å²) in [5.74, 6) is 5.51. The number of fused-ring (bicyclic) bond motifs is 1. The van der Waals surface area contributed by atoms with E-state index < -0.39 is 17.6 Å². The van der Waals surface area contributed by atoms with Gasteiger partial charge in [0.15, 0.2) is 5.65 Å². The third-order valence-electron chi connectivity index (χ3n) is 6.96. The molecule has 216 valence electrons. The van der Waals surface area contributed by atoms with Crippen LogP contribution in [-0.2, 0) is 12.7 Å². The fourth-order valence-electron chi connectivity index (χ4n) is 4.77. The Morgan fingerprint density at radius 1 is 0.953 bits per heavy atom. The van der Waals surface area contributed by atoms with Crippen LogP contribution in [0.4, 0.5) is 19.0 Å². The minimum absolute atomic E-state index is 0.114. The summed E-state index contributed by atoms with van der Waals surface area (Å²) in [5, 5.41) is 10.4. The third kappa shape index (κ3) is 6.53. The molecule has 43 heavy (non-hydrogen) atoms. The van der Waals surface area contributed by atoms with E-state index in [2.05, 4.69) is 42.5 Å². The molecule has 2 N–H and O–H groups in total. The number of amides is 1. The van der Waals surface area contributed by atoms with E-state index in [9.17, 15) is 18.0 Å². The average molecular weight is 583 g/mol. The van der Waals surface area contributed by atoms with E-state index in [1.54, 1.807) is 35.2 Å². The number of piperazine rings is 1. The van der Waals surface area contributed by atoms with Gasteiger partial charge < -0.3 is 10.6 Å². The van der Waals surface area contributed by atoms with Gasteiger partial charge >= 0.3 is 6.18 Å². The van der Waals surface area contributed by atoms with Crippen LogP contribution in [0.3, 0.4) is 0 Å². The minimum atomic E-state index is -4.60. The molecule has 0 bridgehead atoms. The molecule has 9 nitrogen and oxygen atoms in total. The molecule has 1 fully saturated rings. The lowest BCUT2D eigenvalue weighted by atomic mass is 10.0. The van der Waals surface area contributed by atoms with Crippen molar-refractivity contribution in [2.75, 3.05) is 31.5 Å². The van der Waals surface area contributed by atoms with Crippen LogP contribution in [0.1, 0.15) is 32.7 Å². The number of carbonyl (C=O) groups is 1. The summed E-state index contributed by atoms with van der Waals surface area (Å²) in [6, 6.07) is 14.3. The average Bonchev–Trinajstić information content (AvgIpc) is 3.43. The Kier molecular flexibility index (Phi) is 7.83. The standard InChI is InChI=1S/C31H25F3N8O/c32-31(33,34)26-18-23(2-3-24(26)20-41-15-13-36-14-16-41)30(43)39-28-17-21(7-12-37-28)1-4-25-19-38-29-6-5-27(40-42(25)29)22-8-10-35-11-9-22/h2-3,5-12,17-19,36H,13-16,20H2,(H,37,39,43). The second-order valence-corrected chi connectivity index (χ2v) is 9.90. The number of aromatic nitrogens is 5. The number of benzene rings is 1. The van der Waals surface area contributed by atoms with E-state index in [0.29, 0.717) is 30.0 Å². The van der Waals surface area contributed by atoms with Crippen molar-refractivity contribution < 1.29 is 18.0 Å². The smallest absolute Gasteiger partial charge is 0.314 e. The molecule has 1 amide bonds. The number of anilines is 1. The Hall–Kier alpha value is -5.12. The molecule has 1 aliphatic rings. The van der Waals surface area contributed by atoms with Gasteiger partial charge in [0.2, 0.25) is 0 Å². The normalized spacial score (nSPS) is 13.8. The Bertz CT molecular complexity index is 1840. The second-order valence-electron chi connectivity index (χ2n) is 9.90. The predicted octanol–water partition coefficient (Wildman–Crippen LogP) is 4.26. The summed E-state index contributed by atoms with van der Waals surface area (Å²) in [6.07, 6.45) is 1.85. The maximum Gasteiger partial charge on any atom is 0.416 e. The van der Waals surface area contributed by atoms with Crippen LogP contribution < -0.4 is 10.6 Å². The zero-order valence-corrected chi connectivity index (χ0v) is 22.8. The molecule has 0 saturated carbocycles. The predicted molar refractivity (Wildman–Crippen MR) is 154 cm³/mol. The molecule has 5 aromatic rings. The van der Waals surface area contributed by atoms with Crippen molar-refractivity contribution in [3.63, 3.8) is 0 Å². The van der Waals surface area contributed by atoms with E-state index in [0.717, 1.165) is 30.4 Å². The highest BCUT2D eigenvalue weighted by Gasteiger charge is 2.34. The molecule has 0 unspecified atom stereocenters. The molecule has 5 heterocycles. The topological polar surface area (TPSA) is 100 Å². The molecule has 0 atom stereocenters. The molecule has 0 spiro atoms. The Morgan fingerprint density at radius 3 is 2.56 bits per heavy atom. The van der Waals surface area contributed by atoms with Gasteiger partial charge in [0.25, 0.3) is 5.91 Å². The highest BCUT2D eigenvalue weighted by atomic mass is 19.4. The van der Waals surface area contributed by atoms with Crippen LogP contribution in [0.5, 0.6) is 0 Å². The number of imidazole rings is 1. The Balaban J connectivity index is 1.20. The van der Waals surface area contributed by atoms with Gasteiger partial charge in [0, 0.05) is 68.0 Å². The first-order valence-electron chi connectivity index (χ1n) is 13.5. The monoisotopic (exact) mass is 582 g/mol. The summed E-state index contributed by atoms with van der Waals surface area (Å²) in [5.41, 5.74) is 2.54. The molecular formula is C31H25F3N8O. The Labute approximate surface area is 244 Å². The molecule has 1 aliphatic heterocycles. The lowest BCUT2D eigenvalue weighted by molar-refractivity contribution is -0.138. The van der Waals surface area contributed by atoms with Crippen molar-refractivity contribution in [1.29, 1.82) is 0 Å². The van der Waals surface area contributed by atoms with Crippen molar-refractivity contribution in [2.45, 2.75) is 12.7 Å². The number of hydrogen-bond acceptors (Lipinski definition) is 7. The lowest BCUT2D eigenvalue weighted by Crippen LogP contribution is -2.43. The van der Waals surface area contributed by atoms with Crippen LogP contribution in [0, 0.1) is 11.8 Å². The van der Waals surface area contributed by atoms with Crippen molar-refractivity contribution >= 4 is 17.4 Å². The first kappa shape index (κ1) is 28.0. The van der Waals surface area contributed by atoms with Crippen LogP contribution in [-0.4, -0.2) is 61.6 Å². The van der Waals surface area contributed by atoms with Crippen molar-refractivity contribution in [1.82, 2.24) is 34.8 Å². The maximum atomic E-state index is 13.9. The van der Waals surface area contributed by atoms with Gasteiger partial charge in [-0.1, -0.05) is 12.0 Å². The number of nitrogens with zero attached hydrogens (tertiary/aromatic N) is 6. The van der Waals surface area contributed by atoms with Crippen LogP contribution in [0.15, 0.2) is 79.4 Å². The van der Waals surface area contributed by atoms with Crippen molar-refractivity contribution in [3.05, 3.63) is 107 Å². The molecule has 6 rings (SSSR count). The molecule has 1 saturated heterocycles. The lowest BCUT2D eigenvalue weighted by Gasteiger charge is -2.28. The van der Waals surface area contributed by atoms with Crippen molar-refractivity contribution in [2.24, 2.45) is 0 Å². The van der Waals surface area contributed by atoms with Gasteiger partial charge in [0.05, 0.1) is 17.5 Å². The van der Waals surface area contributed by atoms with Gasteiger partial charge in [-0.2, -0.15) is 18.3 Å². The van der Waals surface area contributed by atoms with Gasteiger partial charge in [-0.15, -0.1) is 0 Å². The SMILES string of the molecule is O=C(Nc1cc(C#Cc2cnc3ccc(-c4ccncc4)nn23)ccn1)c1ccc(CN2CCNCC2)c(C(F)(F)F)c1. The number of carbonyl (C=O) groups excluding carboxylic acids is 1. The molecule has 4 aromatic heterocycles. The molecular weight excluding hydrogens is 557 g/mol. The first-order chi connectivity index (χ1) is 20.8. The summed E-state index contributed by atoms with van der Waals surface area (Å²) in [6.45, 7) is 2.92. The number of alkyl halides is 3. The van der Waals surface area contributed by atoms with Crippen LogP contribution in [0.25, 0.3) is 16.9 Å². The molecule has 0 aliphatic carbocycles. The third-order valence-corrected chi connectivity index (χ3v) is 6.96. The molecule has 0 radical (unpaired) electrons. The first-order valence-corrected chi connectivity index (χ1v) is 13.5. The van der Waals surface area contributed by atoms with Gasteiger partial charge in [-0.05, 0) is 60.0 Å². The van der Waals surface area contributed by atoms with Crippen molar-refractivity contribution in [3.8, 4) is 23.1 Å².